The van der Waals surface area contributed by atoms with E-state index in [0.29, 0.717) is 17.4 Å². The average Bonchev–Trinajstić information content (AvgIpc) is 2.57. The second kappa shape index (κ2) is 7.96. The number of hydrazine groups is 1. The van der Waals surface area contributed by atoms with Crippen LogP contribution in [0.1, 0.15) is 17.0 Å². The van der Waals surface area contributed by atoms with Crippen molar-refractivity contribution in [2.75, 3.05) is 19.6 Å². The van der Waals surface area contributed by atoms with Gasteiger partial charge in [0.25, 0.3) is 5.91 Å². The summed E-state index contributed by atoms with van der Waals surface area (Å²) in [6, 6.07) is 7.21. The van der Waals surface area contributed by atoms with E-state index in [4.69, 9.17) is 9.47 Å². The smallest absolute Gasteiger partial charge is 0.262 e. The molecular weight excluding hydrogens is 308 g/mol. The minimum Gasteiger partial charge on any atom is -0.497 e. The van der Waals surface area contributed by atoms with Gasteiger partial charge in [-0.2, -0.15) is 0 Å². The van der Waals surface area contributed by atoms with Crippen molar-refractivity contribution in [2.24, 2.45) is 0 Å². The summed E-state index contributed by atoms with van der Waals surface area (Å²) < 4.78 is 10.4. The molecule has 0 saturated heterocycles. The monoisotopic (exact) mass is 328 g/mol. The lowest BCUT2D eigenvalue weighted by Gasteiger charge is -2.07. The van der Waals surface area contributed by atoms with Crippen molar-refractivity contribution in [3.63, 3.8) is 0 Å². The Morgan fingerprint density at radius 1 is 1.00 bits per heavy atom. The lowest BCUT2D eigenvalue weighted by atomic mass is 10.2. The molecule has 2 N–H and O–H groups in total. The average molecular weight is 328 g/mol. The zero-order chi connectivity index (χ0) is 17.5. The molecule has 0 saturated carbocycles. The number of benzene rings is 1. The van der Waals surface area contributed by atoms with Crippen LogP contribution < -0.4 is 20.3 Å². The Hall–Kier alpha value is -3.09. The van der Waals surface area contributed by atoms with Crippen LogP contribution in [0, 0.1) is 13.8 Å². The molecule has 126 valence electrons. The number of aromatic nitrogens is 2. The van der Waals surface area contributed by atoms with Crippen LogP contribution in [0.25, 0.3) is 6.08 Å². The fourth-order valence-electron chi connectivity index (χ4n) is 2.04. The van der Waals surface area contributed by atoms with E-state index in [1.165, 1.54) is 6.08 Å². The first kappa shape index (κ1) is 17.3. The Morgan fingerprint density at radius 3 is 2.12 bits per heavy atom. The molecule has 1 amide bonds. The lowest BCUT2D eigenvalue weighted by Crippen LogP contribution is -2.28. The Balaban J connectivity index is 2.00. The molecule has 7 heteroatoms. The zero-order valence-electron chi connectivity index (χ0n) is 14.1. The van der Waals surface area contributed by atoms with Gasteiger partial charge in [0.15, 0.2) is 0 Å². The van der Waals surface area contributed by atoms with Crippen LogP contribution in [0.3, 0.4) is 0 Å². The molecular formula is C17H20N4O3. The van der Waals surface area contributed by atoms with Crippen molar-refractivity contribution < 1.29 is 14.3 Å². The maximum atomic E-state index is 11.9. The number of carbonyl (C=O) groups excluding carboxylic acids is 1. The first-order valence-corrected chi connectivity index (χ1v) is 7.29. The summed E-state index contributed by atoms with van der Waals surface area (Å²) in [5.74, 6) is 1.31. The third kappa shape index (κ3) is 4.98. The van der Waals surface area contributed by atoms with Gasteiger partial charge in [-0.05, 0) is 43.7 Å². The number of aryl methyl sites for hydroxylation is 2. The normalized spacial score (nSPS) is 10.5. The molecule has 0 aliphatic carbocycles. The van der Waals surface area contributed by atoms with Crippen molar-refractivity contribution >= 4 is 17.9 Å². The summed E-state index contributed by atoms with van der Waals surface area (Å²) in [6.07, 6.45) is 3.05. The highest BCUT2D eigenvalue weighted by Gasteiger charge is 2.02. The number of amides is 1. The number of hydrogen-bond acceptors (Lipinski definition) is 6. The van der Waals surface area contributed by atoms with Crippen LogP contribution in [0.5, 0.6) is 11.5 Å². The summed E-state index contributed by atoms with van der Waals surface area (Å²) in [6.45, 7) is 3.72. The predicted molar refractivity (Wildman–Crippen MR) is 91.9 cm³/mol. The second-order valence-electron chi connectivity index (χ2n) is 5.07. The Bertz CT molecular complexity index is 717. The first-order valence-electron chi connectivity index (χ1n) is 7.29. The zero-order valence-corrected chi connectivity index (χ0v) is 14.1. The van der Waals surface area contributed by atoms with Crippen molar-refractivity contribution in [1.82, 2.24) is 15.4 Å². The molecule has 1 heterocycles. The Kier molecular flexibility index (Phi) is 5.73. The number of anilines is 1. The molecule has 2 rings (SSSR count). The maximum Gasteiger partial charge on any atom is 0.262 e. The molecule has 7 nitrogen and oxygen atoms in total. The van der Waals surface area contributed by atoms with Crippen LogP contribution in [0.4, 0.5) is 5.95 Å². The summed E-state index contributed by atoms with van der Waals surface area (Å²) in [5, 5.41) is 0. The summed E-state index contributed by atoms with van der Waals surface area (Å²) >= 11 is 0. The van der Waals surface area contributed by atoms with E-state index in [9.17, 15) is 4.79 Å². The number of nitrogens with zero attached hydrogens (tertiary/aromatic N) is 2. The number of nitrogens with one attached hydrogen (secondary N) is 2. The van der Waals surface area contributed by atoms with Crippen LogP contribution >= 0.6 is 0 Å². The number of carbonyl (C=O) groups is 1. The van der Waals surface area contributed by atoms with E-state index < -0.39 is 0 Å². The summed E-state index contributed by atoms with van der Waals surface area (Å²) in [4.78, 5) is 20.2. The molecule has 0 fully saturated rings. The van der Waals surface area contributed by atoms with E-state index in [0.717, 1.165) is 17.0 Å². The van der Waals surface area contributed by atoms with Gasteiger partial charge >= 0.3 is 0 Å². The molecule has 0 aliphatic rings. The largest absolute Gasteiger partial charge is 0.497 e. The molecule has 1 aromatic carbocycles. The van der Waals surface area contributed by atoms with E-state index in [1.807, 2.05) is 19.9 Å². The van der Waals surface area contributed by atoms with Gasteiger partial charge in [0, 0.05) is 23.5 Å². The van der Waals surface area contributed by atoms with Gasteiger partial charge in [-0.15, -0.1) is 0 Å². The van der Waals surface area contributed by atoms with Gasteiger partial charge in [-0.25, -0.2) is 9.97 Å². The van der Waals surface area contributed by atoms with Gasteiger partial charge in [0.1, 0.15) is 11.5 Å². The molecule has 0 aliphatic heterocycles. The van der Waals surface area contributed by atoms with Gasteiger partial charge < -0.3 is 9.47 Å². The number of methoxy groups -OCH3 is 2. The van der Waals surface area contributed by atoms with Crippen molar-refractivity contribution in [1.29, 1.82) is 0 Å². The second-order valence-corrected chi connectivity index (χ2v) is 5.07. The van der Waals surface area contributed by atoms with Crippen LogP contribution in [-0.2, 0) is 4.79 Å². The highest BCUT2D eigenvalue weighted by atomic mass is 16.5. The van der Waals surface area contributed by atoms with Gasteiger partial charge in [0.2, 0.25) is 5.95 Å². The number of ether oxygens (including phenoxy) is 2. The standard InChI is InChI=1S/C17H20N4O3/c1-11-7-12(2)19-17(18-11)21-20-16(22)6-5-13-8-14(23-3)10-15(9-13)24-4/h5-10H,1-4H3,(H,20,22)(H,18,19,21)/b6-5-. The third-order valence-corrected chi connectivity index (χ3v) is 3.08. The van der Waals surface area contributed by atoms with Gasteiger partial charge in [0.05, 0.1) is 14.2 Å². The Labute approximate surface area is 140 Å². The number of rotatable bonds is 6. The summed E-state index contributed by atoms with van der Waals surface area (Å²) in [5.41, 5.74) is 7.62. The fourth-order valence-corrected chi connectivity index (χ4v) is 2.04. The fraction of sp³-hybridized carbons (Fsp3) is 0.235. The van der Waals surface area contributed by atoms with E-state index >= 15 is 0 Å². The third-order valence-electron chi connectivity index (χ3n) is 3.08. The highest BCUT2D eigenvalue weighted by Crippen LogP contribution is 2.23. The van der Waals surface area contributed by atoms with E-state index in [1.54, 1.807) is 38.5 Å². The minimum absolute atomic E-state index is 0.334. The predicted octanol–water partition coefficient (Wildman–Crippen LogP) is 2.27. The van der Waals surface area contributed by atoms with E-state index in [2.05, 4.69) is 20.8 Å². The van der Waals surface area contributed by atoms with Gasteiger partial charge in [-0.1, -0.05) is 0 Å². The topological polar surface area (TPSA) is 85.4 Å². The molecule has 0 atom stereocenters. The molecule has 0 unspecified atom stereocenters. The quantitative estimate of drug-likeness (QED) is 0.625. The van der Waals surface area contributed by atoms with E-state index in [-0.39, 0.29) is 5.91 Å². The molecule has 0 radical (unpaired) electrons. The number of hydrogen-bond donors (Lipinski definition) is 2. The SMILES string of the molecule is COc1cc(/C=C\C(=O)NNc2nc(C)cc(C)n2)cc(OC)c1. The van der Waals surface area contributed by atoms with Crippen LogP contribution in [0.2, 0.25) is 0 Å². The molecule has 1 aromatic heterocycles. The van der Waals surface area contributed by atoms with Crippen molar-refractivity contribution in [3.05, 3.63) is 47.3 Å². The van der Waals surface area contributed by atoms with Crippen LogP contribution in [-0.4, -0.2) is 30.1 Å². The van der Waals surface area contributed by atoms with Gasteiger partial charge in [-0.3, -0.25) is 15.6 Å². The molecule has 2 aromatic rings. The highest BCUT2D eigenvalue weighted by molar-refractivity contribution is 5.92. The van der Waals surface area contributed by atoms with Crippen molar-refractivity contribution in [3.8, 4) is 11.5 Å². The first-order chi connectivity index (χ1) is 11.5. The molecule has 24 heavy (non-hydrogen) atoms. The lowest BCUT2D eigenvalue weighted by molar-refractivity contribution is -0.116. The maximum absolute atomic E-state index is 11.9. The molecule has 0 bridgehead atoms. The van der Waals surface area contributed by atoms with Crippen LogP contribution in [0.15, 0.2) is 30.3 Å². The van der Waals surface area contributed by atoms with Crippen molar-refractivity contribution in [2.45, 2.75) is 13.8 Å². The Morgan fingerprint density at radius 2 is 1.58 bits per heavy atom. The minimum atomic E-state index is -0.334. The summed E-state index contributed by atoms with van der Waals surface area (Å²) in [7, 11) is 3.14. The molecule has 0 spiro atoms.